The lowest BCUT2D eigenvalue weighted by atomic mass is 9.94. The highest BCUT2D eigenvalue weighted by Crippen LogP contribution is 2.39. The molecule has 0 bridgehead atoms. The van der Waals surface area contributed by atoms with Crippen LogP contribution in [0.15, 0.2) is 0 Å². The Hall–Kier alpha value is -2.35. The zero-order valence-corrected chi connectivity index (χ0v) is 13.8. The molecule has 0 radical (unpaired) electrons. The fraction of sp³-hybridized carbons (Fsp3) is 0.467. The Labute approximate surface area is 133 Å². The van der Waals surface area contributed by atoms with Gasteiger partial charge >= 0.3 is 11.9 Å². The molecule has 0 fully saturated rings. The molecule has 0 aliphatic heterocycles. The van der Waals surface area contributed by atoms with Gasteiger partial charge in [-0.15, -0.1) is 0 Å². The molecular formula is C15H22FNO6. The van der Waals surface area contributed by atoms with Crippen molar-refractivity contribution in [2.24, 2.45) is 5.73 Å². The van der Waals surface area contributed by atoms with Crippen LogP contribution in [-0.2, 0) is 11.2 Å². The summed E-state index contributed by atoms with van der Waals surface area (Å²) in [7, 11) is 2.44. The molecule has 0 aromatic heterocycles. The standard InChI is InChI=1S/C13H16FNO6.C2H6/c1-5-8(13(18)19)6(4-7(15)12(16)17)9(14)11(21-3)10(5)20-2;1-2/h7H,4,15H2,1-3H3,(H,16,17)(H,18,19);1-2H3. The molecule has 1 aromatic carbocycles. The first kappa shape index (κ1) is 20.6. The van der Waals surface area contributed by atoms with Crippen molar-refractivity contribution in [1.82, 2.24) is 0 Å². The maximum absolute atomic E-state index is 14.4. The molecule has 0 amide bonds. The van der Waals surface area contributed by atoms with Crippen molar-refractivity contribution in [1.29, 1.82) is 0 Å². The van der Waals surface area contributed by atoms with Crippen LogP contribution in [0, 0.1) is 12.7 Å². The van der Waals surface area contributed by atoms with Crippen molar-refractivity contribution < 1.29 is 33.7 Å². The number of carboxylic acid groups (broad SMARTS) is 2. The van der Waals surface area contributed by atoms with E-state index < -0.39 is 30.2 Å². The molecule has 23 heavy (non-hydrogen) atoms. The summed E-state index contributed by atoms with van der Waals surface area (Å²) in [6.45, 7) is 5.42. The van der Waals surface area contributed by atoms with E-state index >= 15 is 0 Å². The average Bonchev–Trinajstić information content (AvgIpc) is 2.51. The highest BCUT2D eigenvalue weighted by atomic mass is 19.1. The van der Waals surface area contributed by atoms with Crippen LogP contribution in [0.25, 0.3) is 0 Å². The van der Waals surface area contributed by atoms with Gasteiger partial charge in [0.2, 0.25) is 0 Å². The number of aromatic carboxylic acids is 1. The number of carboxylic acids is 2. The molecule has 4 N–H and O–H groups in total. The molecule has 1 aromatic rings. The van der Waals surface area contributed by atoms with Crippen LogP contribution in [0.2, 0.25) is 0 Å². The van der Waals surface area contributed by atoms with Crippen LogP contribution in [0.3, 0.4) is 0 Å². The Morgan fingerprint density at radius 2 is 1.65 bits per heavy atom. The number of methoxy groups -OCH3 is 2. The van der Waals surface area contributed by atoms with E-state index in [1.807, 2.05) is 13.8 Å². The summed E-state index contributed by atoms with van der Waals surface area (Å²) in [4.78, 5) is 22.2. The zero-order chi connectivity index (χ0) is 18.3. The predicted molar refractivity (Wildman–Crippen MR) is 81.9 cm³/mol. The van der Waals surface area contributed by atoms with Gasteiger partial charge in [-0.2, -0.15) is 0 Å². The van der Waals surface area contributed by atoms with Crippen molar-refractivity contribution in [2.45, 2.75) is 33.2 Å². The van der Waals surface area contributed by atoms with Crippen molar-refractivity contribution in [3.8, 4) is 11.5 Å². The van der Waals surface area contributed by atoms with Gasteiger partial charge in [0.25, 0.3) is 0 Å². The molecule has 0 spiro atoms. The monoisotopic (exact) mass is 331 g/mol. The molecule has 1 unspecified atom stereocenters. The highest BCUT2D eigenvalue weighted by molar-refractivity contribution is 5.93. The van der Waals surface area contributed by atoms with E-state index in [2.05, 4.69) is 0 Å². The summed E-state index contributed by atoms with van der Waals surface area (Å²) in [5, 5.41) is 18.1. The van der Waals surface area contributed by atoms with Crippen LogP contribution in [0.1, 0.15) is 35.3 Å². The number of carbonyl (C=O) groups is 2. The maximum atomic E-state index is 14.4. The van der Waals surface area contributed by atoms with Crippen molar-refractivity contribution in [3.05, 3.63) is 22.5 Å². The number of halogens is 1. The number of rotatable bonds is 6. The van der Waals surface area contributed by atoms with E-state index in [9.17, 15) is 19.1 Å². The summed E-state index contributed by atoms with van der Waals surface area (Å²) in [6.07, 6.45) is -0.482. The summed E-state index contributed by atoms with van der Waals surface area (Å²) in [6, 6.07) is -1.44. The van der Waals surface area contributed by atoms with Gasteiger partial charge in [0.1, 0.15) is 6.04 Å². The van der Waals surface area contributed by atoms with E-state index in [1.54, 1.807) is 0 Å². The lowest BCUT2D eigenvalue weighted by Gasteiger charge is -2.19. The molecular weight excluding hydrogens is 309 g/mol. The van der Waals surface area contributed by atoms with Crippen molar-refractivity contribution in [3.63, 3.8) is 0 Å². The lowest BCUT2D eigenvalue weighted by molar-refractivity contribution is -0.138. The first-order valence-electron chi connectivity index (χ1n) is 6.90. The molecule has 0 aliphatic rings. The first-order valence-corrected chi connectivity index (χ1v) is 6.90. The van der Waals surface area contributed by atoms with Crippen LogP contribution < -0.4 is 15.2 Å². The SMILES string of the molecule is CC.COc1c(C)c(C(=O)O)c(CC(N)C(=O)O)c(F)c1OC. The maximum Gasteiger partial charge on any atom is 0.336 e. The van der Waals surface area contributed by atoms with Crippen LogP contribution >= 0.6 is 0 Å². The normalized spacial score (nSPS) is 11.1. The van der Waals surface area contributed by atoms with Gasteiger partial charge in [-0.25, -0.2) is 9.18 Å². The van der Waals surface area contributed by atoms with Gasteiger partial charge < -0.3 is 25.4 Å². The minimum absolute atomic E-state index is 0.0555. The van der Waals surface area contributed by atoms with Crippen LogP contribution in [-0.4, -0.2) is 42.4 Å². The molecule has 1 rings (SSSR count). The number of nitrogens with two attached hydrogens (primary N) is 1. The largest absolute Gasteiger partial charge is 0.492 e. The van der Waals surface area contributed by atoms with Crippen molar-refractivity contribution >= 4 is 11.9 Å². The minimum atomic E-state index is -1.44. The number of hydrogen-bond donors (Lipinski definition) is 3. The molecule has 130 valence electrons. The topological polar surface area (TPSA) is 119 Å². The third-order valence-corrected chi connectivity index (χ3v) is 3.05. The van der Waals surface area contributed by atoms with E-state index in [-0.39, 0.29) is 28.2 Å². The van der Waals surface area contributed by atoms with Gasteiger partial charge in [0.15, 0.2) is 17.3 Å². The lowest BCUT2D eigenvalue weighted by Crippen LogP contribution is -2.33. The fourth-order valence-electron chi connectivity index (χ4n) is 2.07. The number of benzene rings is 1. The number of ether oxygens (including phenoxy) is 2. The van der Waals surface area contributed by atoms with Crippen molar-refractivity contribution in [2.75, 3.05) is 14.2 Å². The molecule has 0 heterocycles. The van der Waals surface area contributed by atoms with Gasteiger partial charge in [-0.05, 0) is 6.92 Å². The summed E-state index contributed by atoms with van der Waals surface area (Å²) >= 11 is 0. The number of hydrogen-bond acceptors (Lipinski definition) is 5. The summed E-state index contributed by atoms with van der Waals surface area (Å²) < 4.78 is 24.3. The third kappa shape index (κ3) is 4.32. The van der Waals surface area contributed by atoms with E-state index in [1.165, 1.54) is 21.1 Å². The minimum Gasteiger partial charge on any atom is -0.492 e. The zero-order valence-electron chi connectivity index (χ0n) is 13.8. The molecule has 7 nitrogen and oxygen atoms in total. The highest BCUT2D eigenvalue weighted by Gasteiger charge is 2.29. The summed E-state index contributed by atoms with van der Waals surface area (Å²) in [5.41, 5.74) is 4.80. The molecule has 0 saturated heterocycles. The predicted octanol–water partition coefficient (Wildman–Crippen LogP) is 1.83. The average molecular weight is 331 g/mol. The Balaban J connectivity index is 0.00000232. The summed E-state index contributed by atoms with van der Waals surface area (Å²) in [5.74, 6) is -4.10. The van der Waals surface area contributed by atoms with E-state index in [0.29, 0.717) is 0 Å². The van der Waals surface area contributed by atoms with Crippen LogP contribution in [0.5, 0.6) is 11.5 Å². The van der Waals surface area contributed by atoms with E-state index in [0.717, 1.165) is 0 Å². The fourth-order valence-corrected chi connectivity index (χ4v) is 2.07. The Kier molecular flexibility index (Phi) is 8.03. The van der Waals surface area contributed by atoms with E-state index in [4.69, 9.17) is 20.3 Å². The second-order valence-electron chi connectivity index (χ2n) is 4.31. The Morgan fingerprint density at radius 1 is 1.17 bits per heavy atom. The second-order valence-corrected chi connectivity index (χ2v) is 4.31. The van der Waals surface area contributed by atoms with Gasteiger partial charge in [0, 0.05) is 17.5 Å². The quantitative estimate of drug-likeness (QED) is 0.727. The molecule has 0 saturated carbocycles. The van der Waals surface area contributed by atoms with Crippen LogP contribution in [0.4, 0.5) is 4.39 Å². The Bertz CT molecular complexity index is 588. The second kappa shape index (κ2) is 8.94. The number of aliphatic carboxylic acids is 1. The smallest absolute Gasteiger partial charge is 0.336 e. The molecule has 8 heteroatoms. The first-order chi connectivity index (χ1) is 10.8. The van der Waals surface area contributed by atoms with Gasteiger partial charge in [-0.1, -0.05) is 13.8 Å². The van der Waals surface area contributed by atoms with Gasteiger partial charge in [-0.3, -0.25) is 4.79 Å². The van der Waals surface area contributed by atoms with Gasteiger partial charge in [0.05, 0.1) is 19.8 Å². The Morgan fingerprint density at radius 3 is 2.00 bits per heavy atom. The third-order valence-electron chi connectivity index (χ3n) is 3.05. The molecule has 1 atom stereocenters. The molecule has 0 aliphatic carbocycles.